The molecule has 102 valence electrons. The molecule has 0 unspecified atom stereocenters. The number of rotatable bonds is 4. The normalized spacial score (nSPS) is 26.8. The summed E-state index contributed by atoms with van der Waals surface area (Å²) in [6.07, 6.45) is 2.55. The maximum atomic E-state index is 12.3. The lowest BCUT2D eigenvalue weighted by molar-refractivity contribution is -0.130. The van der Waals surface area contributed by atoms with Crippen LogP contribution in [-0.4, -0.2) is 29.7 Å². The van der Waals surface area contributed by atoms with Crippen LogP contribution < -0.4 is 4.74 Å². The molecule has 4 heteroatoms. The molecule has 19 heavy (non-hydrogen) atoms. The van der Waals surface area contributed by atoms with Crippen molar-refractivity contribution in [3.05, 3.63) is 29.8 Å². The van der Waals surface area contributed by atoms with Crippen LogP contribution in [-0.2, 0) is 4.79 Å². The zero-order valence-corrected chi connectivity index (χ0v) is 12.2. The van der Waals surface area contributed by atoms with Gasteiger partial charge in [0.15, 0.2) is 0 Å². The minimum atomic E-state index is 0.0749. The largest absolute Gasteiger partial charge is 0.497 e. The van der Waals surface area contributed by atoms with E-state index in [1.54, 1.807) is 18.9 Å². The van der Waals surface area contributed by atoms with Crippen molar-refractivity contribution >= 4 is 17.7 Å². The van der Waals surface area contributed by atoms with Crippen LogP contribution in [0.5, 0.6) is 5.75 Å². The third-order valence-corrected chi connectivity index (χ3v) is 5.19. The van der Waals surface area contributed by atoms with Crippen molar-refractivity contribution in [3.8, 4) is 5.75 Å². The van der Waals surface area contributed by atoms with Crippen molar-refractivity contribution in [1.29, 1.82) is 0 Å². The van der Waals surface area contributed by atoms with E-state index in [1.165, 1.54) is 18.4 Å². The van der Waals surface area contributed by atoms with Crippen LogP contribution >= 0.6 is 11.8 Å². The van der Waals surface area contributed by atoms with E-state index in [9.17, 15) is 4.79 Å². The predicted octanol–water partition coefficient (Wildman–Crippen LogP) is 3.07. The fraction of sp³-hybridized carbons (Fsp3) is 0.533. The Kier molecular flexibility index (Phi) is 3.44. The van der Waals surface area contributed by atoms with Crippen LogP contribution in [0.4, 0.5) is 0 Å². The number of ether oxygens (including phenoxy) is 1. The highest BCUT2D eigenvalue weighted by Crippen LogP contribution is 2.45. The third kappa shape index (κ3) is 2.59. The van der Waals surface area contributed by atoms with E-state index in [2.05, 4.69) is 17.0 Å². The maximum Gasteiger partial charge on any atom is 0.236 e. The van der Waals surface area contributed by atoms with E-state index >= 15 is 0 Å². The molecule has 1 saturated carbocycles. The number of amides is 1. The molecule has 2 aliphatic rings. The summed E-state index contributed by atoms with van der Waals surface area (Å²) >= 11 is 1.75. The maximum absolute atomic E-state index is 12.3. The first-order chi connectivity index (χ1) is 9.19. The topological polar surface area (TPSA) is 29.5 Å². The molecule has 1 aromatic carbocycles. The lowest BCUT2D eigenvalue weighted by Gasteiger charge is -2.24. The highest BCUT2D eigenvalue weighted by molar-refractivity contribution is 8.01. The average molecular weight is 277 g/mol. The Bertz CT molecular complexity index is 470. The smallest absolute Gasteiger partial charge is 0.236 e. The summed E-state index contributed by atoms with van der Waals surface area (Å²) in [6, 6.07) is 8.08. The molecule has 0 spiro atoms. The van der Waals surface area contributed by atoms with Crippen molar-refractivity contribution in [1.82, 2.24) is 4.90 Å². The van der Waals surface area contributed by atoms with Gasteiger partial charge in [0.05, 0.1) is 12.4 Å². The van der Waals surface area contributed by atoms with E-state index in [-0.39, 0.29) is 16.5 Å². The quantitative estimate of drug-likeness (QED) is 0.847. The van der Waals surface area contributed by atoms with Crippen LogP contribution in [0.1, 0.15) is 30.7 Å². The highest BCUT2D eigenvalue weighted by Gasteiger charge is 2.40. The molecule has 1 aliphatic heterocycles. The van der Waals surface area contributed by atoms with Gasteiger partial charge in [0.2, 0.25) is 5.91 Å². The van der Waals surface area contributed by atoms with Gasteiger partial charge in [0, 0.05) is 6.54 Å². The Balaban J connectivity index is 1.81. The van der Waals surface area contributed by atoms with E-state index in [0.717, 1.165) is 18.2 Å². The second-order valence-corrected chi connectivity index (χ2v) is 6.76. The summed E-state index contributed by atoms with van der Waals surface area (Å²) in [5.41, 5.74) is 1.20. The minimum Gasteiger partial charge on any atom is -0.497 e. The third-order valence-electron chi connectivity index (χ3n) is 3.80. The van der Waals surface area contributed by atoms with Gasteiger partial charge in [-0.2, -0.15) is 0 Å². The van der Waals surface area contributed by atoms with E-state index < -0.39 is 0 Å². The zero-order valence-electron chi connectivity index (χ0n) is 11.3. The molecule has 3 nitrogen and oxygen atoms in total. The Morgan fingerprint density at radius 1 is 1.32 bits per heavy atom. The van der Waals surface area contributed by atoms with E-state index in [0.29, 0.717) is 0 Å². The van der Waals surface area contributed by atoms with E-state index in [1.807, 2.05) is 19.1 Å². The fourth-order valence-corrected chi connectivity index (χ4v) is 3.76. The molecule has 1 amide bonds. The average Bonchev–Trinajstić information content (AvgIpc) is 3.21. The van der Waals surface area contributed by atoms with Gasteiger partial charge in [-0.05, 0) is 43.4 Å². The van der Waals surface area contributed by atoms with Crippen molar-refractivity contribution in [2.75, 3.05) is 13.7 Å². The molecule has 3 rings (SSSR count). The molecule has 1 aliphatic carbocycles. The molecular formula is C15H19NO2S. The first-order valence-corrected chi connectivity index (χ1v) is 7.73. The summed E-state index contributed by atoms with van der Waals surface area (Å²) in [7, 11) is 1.67. The van der Waals surface area contributed by atoms with Crippen molar-refractivity contribution in [2.24, 2.45) is 5.92 Å². The molecule has 0 N–H and O–H groups in total. The van der Waals surface area contributed by atoms with Gasteiger partial charge in [0.25, 0.3) is 0 Å². The van der Waals surface area contributed by atoms with E-state index in [4.69, 9.17) is 4.74 Å². The molecule has 2 fully saturated rings. The molecule has 1 aromatic rings. The number of hydrogen-bond acceptors (Lipinski definition) is 3. The van der Waals surface area contributed by atoms with Gasteiger partial charge in [-0.25, -0.2) is 0 Å². The second kappa shape index (κ2) is 5.08. The van der Waals surface area contributed by atoms with Gasteiger partial charge >= 0.3 is 0 Å². The molecule has 0 radical (unpaired) electrons. The van der Waals surface area contributed by atoms with Crippen molar-refractivity contribution < 1.29 is 9.53 Å². The molecule has 1 heterocycles. The standard InChI is InChI=1S/C15H19NO2S/c1-10-14(17)16(9-11-3-4-11)15(19-10)12-5-7-13(18-2)8-6-12/h5-8,10-11,15H,3-4,9H2,1-2H3/t10-,15+/m1/s1. The number of nitrogens with zero attached hydrogens (tertiary/aromatic N) is 1. The van der Waals surface area contributed by atoms with Crippen LogP contribution in [0.2, 0.25) is 0 Å². The summed E-state index contributed by atoms with van der Waals surface area (Å²) in [4.78, 5) is 14.3. The van der Waals surface area contributed by atoms with Gasteiger partial charge in [-0.3, -0.25) is 4.79 Å². The van der Waals surface area contributed by atoms with Crippen molar-refractivity contribution in [3.63, 3.8) is 0 Å². The summed E-state index contributed by atoms with van der Waals surface area (Å²) in [5, 5.41) is 0.250. The van der Waals surface area contributed by atoms with Crippen LogP contribution in [0.15, 0.2) is 24.3 Å². The monoisotopic (exact) mass is 277 g/mol. The first-order valence-electron chi connectivity index (χ1n) is 6.79. The molecular weight excluding hydrogens is 258 g/mol. The number of methoxy groups -OCH3 is 1. The SMILES string of the molecule is COc1ccc([C@@H]2S[C@H](C)C(=O)N2CC2CC2)cc1. The Labute approximate surface area is 118 Å². The fourth-order valence-electron chi connectivity index (χ4n) is 2.47. The summed E-state index contributed by atoms with van der Waals surface area (Å²) in [5.74, 6) is 1.88. The number of carbonyl (C=O) groups excluding carboxylic acids is 1. The Hall–Kier alpha value is -1.16. The zero-order chi connectivity index (χ0) is 13.4. The highest BCUT2D eigenvalue weighted by atomic mass is 32.2. The number of thioether (sulfide) groups is 1. The Morgan fingerprint density at radius 3 is 2.58 bits per heavy atom. The molecule has 2 atom stereocenters. The van der Waals surface area contributed by atoms with Gasteiger partial charge in [-0.1, -0.05) is 12.1 Å². The predicted molar refractivity (Wildman–Crippen MR) is 77.2 cm³/mol. The number of carbonyl (C=O) groups is 1. The number of hydrogen-bond donors (Lipinski definition) is 0. The lowest BCUT2D eigenvalue weighted by atomic mass is 10.2. The van der Waals surface area contributed by atoms with Crippen molar-refractivity contribution in [2.45, 2.75) is 30.4 Å². The summed E-state index contributed by atoms with van der Waals surface area (Å²) < 4.78 is 5.19. The molecule has 0 bridgehead atoms. The Morgan fingerprint density at radius 2 is 2.00 bits per heavy atom. The first kappa shape index (κ1) is 12.9. The van der Waals surface area contributed by atoms with Gasteiger partial charge in [-0.15, -0.1) is 11.8 Å². The number of benzene rings is 1. The van der Waals surface area contributed by atoms with Crippen LogP contribution in [0, 0.1) is 5.92 Å². The molecule has 0 aromatic heterocycles. The molecule has 1 saturated heterocycles. The second-order valence-electron chi connectivity index (χ2n) is 5.34. The van der Waals surface area contributed by atoms with Gasteiger partial charge < -0.3 is 9.64 Å². The summed E-state index contributed by atoms with van der Waals surface area (Å²) in [6.45, 7) is 2.93. The van der Waals surface area contributed by atoms with Gasteiger partial charge in [0.1, 0.15) is 11.1 Å². The lowest BCUT2D eigenvalue weighted by Crippen LogP contribution is -2.32. The van der Waals surface area contributed by atoms with Crippen LogP contribution in [0.3, 0.4) is 0 Å². The van der Waals surface area contributed by atoms with Crippen LogP contribution in [0.25, 0.3) is 0 Å². The minimum absolute atomic E-state index is 0.0749.